The maximum Gasteiger partial charge on any atom is 3.00 e. The second-order valence-electron chi connectivity index (χ2n) is 5.38. The number of aromatic nitrogens is 3. The van der Waals surface area contributed by atoms with E-state index in [1.165, 1.54) is 0 Å². The van der Waals surface area contributed by atoms with Crippen LogP contribution in [0, 0.1) is 0 Å². The van der Waals surface area contributed by atoms with Crippen molar-refractivity contribution in [2.45, 2.75) is 0 Å². The number of hydrogen-bond donors (Lipinski definition) is 0. The number of rotatable bonds is 2. The van der Waals surface area contributed by atoms with E-state index < -0.39 is 0 Å². The Labute approximate surface area is 247 Å². The molecule has 0 bridgehead atoms. The van der Waals surface area contributed by atoms with Crippen LogP contribution in [0.15, 0.2) is 75.6 Å². The Bertz CT molecular complexity index is 1050. The van der Waals surface area contributed by atoms with Crippen molar-refractivity contribution in [3.05, 3.63) is 66.7 Å². The Morgan fingerprint density at radius 3 is 1.19 bits per heavy atom. The Morgan fingerprint density at radius 1 is 0.438 bits per heavy atom. The molecule has 162 valence electrons. The molecule has 0 fully saturated rings. The molecule has 0 unspecified atom stereocenters. The van der Waals surface area contributed by atoms with Crippen molar-refractivity contribution >= 4 is 61.8 Å². The monoisotopic (exact) mass is 661 g/mol. The molecule has 0 saturated heterocycles. The van der Waals surface area contributed by atoms with Gasteiger partial charge in [-0.2, -0.15) is 0 Å². The van der Waals surface area contributed by atoms with E-state index in [2.05, 4.69) is 15.0 Å². The summed E-state index contributed by atoms with van der Waals surface area (Å²) in [5.74, 6) is 0.961. The second kappa shape index (κ2) is 17.0. The molecule has 5 rings (SSSR count). The summed E-state index contributed by atoms with van der Waals surface area (Å²) in [6, 6.07) is 20.9. The van der Waals surface area contributed by atoms with Crippen molar-refractivity contribution < 1.29 is 83.3 Å². The van der Waals surface area contributed by atoms with Crippen LogP contribution in [0.25, 0.3) is 45.4 Å². The van der Waals surface area contributed by atoms with Gasteiger partial charge in [-0.3, -0.25) is 0 Å². The van der Waals surface area contributed by atoms with Gasteiger partial charge in [-0.1, -0.05) is 30.3 Å². The molecule has 0 amide bonds. The molecule has 5 nitrogen and oxygen atoms in total. The van der Waals surface area contributed by atoms with Crippen LogP contribution in [-0.4, -0.2) is 54.5 Å². The summed E-state index contributed by atoms with van der Waals surface area (Å²) in [4.78, 5) is 13.6. The molecule has 2 aromatic carbocycles. The average Bonchev–Trinajstić information content (AvgIpc) is 3.26. The zero-order valence-corrected chi connectivity index (χ0v) is 25.3. The van der Waals surface area contributed by atoms with Crippen molar-refractivity contribution in [2.24, 2.45) is 0 Å². The van der Waals surface area contributed by atoms with Gasteiger partial charge in [-0.05, 0) is 36.4 Å². The van der Waals surface area contributed by atoms with Gasteiger partial charge in [0.1, 0.15) is 22.4 Å². The van der Waals surface area contributed by atoms with E-state index in [1.807, 2.05) is 66.7 Å². The molecular weight excluding hydrogens is 654 g/mol. The normalized spacial score (nSPS) is 8.50. The first kappa shape index (κ1) is 38.8. The third-order valence-electron chi connectivity index (χ3n) is 3.78. The van der Waals surface area contributed by atoms with Gasteiger partial charge in [0.2, 0.25) is 11.8 Å². The third-order valence-corrected chi connectivity index (χ3v) is 3.78. The molecule has 3 aromatic heterocycles. The fourth-order valence-electron chi connectivity index (χ4n) is 2.64. The van der Waals surface area contributed by atoms with Crippen LogP contribution in [0.2, 0.25) is 0 Å². The number of para-hydroxylation sites is 4. The van der Waals surface area contributed by atoms with Crippen molar-refractivity contribution in [3.63, 3.8) is 0 Å². The molecular formula is C19H11Cl6Ga2N3O2. The standard InChI is InChI=1S/C19H11N3O2.6ClH.2Ga/c1-3-10-16-12(6-1)21-18(23-16)14-8-5-9-15(20-14)19-22-13-7-2-4-11-17(13)24-19;;;;;;;;/h1-11H;6*1H;;/q;;;;;;;2*+3/p-6. The third kappa shape index (κ3) is 7.80. The van der Waals surface area contributed by atoms with Gasteiger partial charge in [0.15, 0.2) is 11.2 Å². The second-order valence-corrected chi connectivity index (χ2v) is 5.38. The summed E-state index contributed by atoms with van der Waals surface area (Å²) in [6.45, 7) is 0. The van der Waals surface area contributed by atoms with E-state index in [9.17, 15) is 0 Å². The van der Waals surface area contributed by atoms with Gasteiger partial charge in [0, 0.05) is 0 Å². The molecule has 0 aliphatic rings. The topological polar surface area (TPSA) is 65.0 Å². The smallest absolute Gasteiger partial charge is 1.00 e. The van der Waals surface area contributed by atoms with Crippen LogP contribution in [0.4, 0.5) is 0 Å². The fourth-order valence-corrected chi connectivity index (χ4v) is 2.64. The van der Waals surface area contributed by atoms with E-state index >= 15 is 0 Å². The zero-order valence-electron chi connectivity index (χ0n) is 15.9. The molecule has 0 atom stereocenters. The van der Waals surface area contributed by atoms with Gasteiger partial charge in [-0.25, -0.2) is 15.0 Å². The number of halogens is 6. The molecule has 0 N–H and O–H groups in total. The number of hydrogen-bond acceptors (Lipinski definition) is 5. The first-order chi connectivity index (χ1) is 11.9. The van der Waals surface area contributed by atoms with Crippen LogP contribution >= 0.6 is 0 Å². The molecule has 0 radical (unpaired) electrons. The number of benzene rings is 2. The molecule has 0 aliphatic heterocycles. The van der Waals surface area contributed by atoms with E-state index in [1.54, 1.807) is 0 Å². The predicted octanol–water partition coefficient (Wildman–Crippen LogP) is -14.0. The minimum atomic E-state index is 0. The molecule has 0 saturated carbocycles. The maximum atomic E-state index is 5.78. The van der Waals surface area contributed by atoms with Gasteiger partial charge in [0.05, 0.1) is 0 Å². The Hall–Kier alpha value is -0.457. The SMILES string of the molecule is [Cl-].[Cl-].[Cl-].[Cl-].[Cl-].[Cl-].[Ga+3].[Ga+3].c1cc(-c2nc3ccccc3o2)nc(-c2nc3ccccc3o2)c1. The summed E-state index contributed by atoms with van der Waals surface area (Å²) in [5, 5.41) is 0. The predicted molar refractivity (Wildman–Crippen MR) is 102 cm³/mol. The van der Waals surface area contributed by atoms with Crippen molar-refractivity contribution in [3.8, 4) is 23.2 Å². The Kier molecular flexibility index (Phi) is 20.7. The average molecular weight is 665 g/mol. The van der Waals surface area contributed by atoms with E-state index in [4.69, 9.17) is 8.83 Å². The van der Waals surface area contributed by atoms with Crippen LogP contribution < -0.4 is 74.4 Å². The molecule has 5 aromatic rings. The molecule has 0 aliphatic carbocycles. The molecule has 32 heavy (non-hydrogen) atoms. The van der Waals surface area contributed by atoms with Crippen LogP contribution in [0.3, 0.4) is 0 Å². The number of oxazole rings is 2. The van der Waals surface area contributed by atoms with E-state index in [0.29, 0.717) is 23.2 Å². The van der Waals surface area contributed by atoms with Crippen LogP contribution in [0.1, 0.15) is 0 Å². The van der Waals surface area contributed by atoms with Gasteiger partial charge in [0.25, 0.3) is 0 Å². The van der Waals surface area contributed by atoms with E-state index in [0.717, 1.165) is 22.2 Å². The first-order valence-electron chi connectivity index (χ1n) is 7.56. The largest absolute Gasteiger partial charge is 3.00 e. The van der Waals surface area contributed by atoms with Gasteiger partial charge < -0.3 is 83.3 Å². The molecule has 3 heterocycles. The summed E-state index contributed by atoms with van der Waals surface area (Å²) < 4.78 is 11.6. The molecule has 0 spiro atoms. The Balaban J connectivity index is -0.000000490. The number of pyridine rings is 1. The van der Waals surface area contributed by atoms with Gasteiger partial charge in [-0.15, -0.1) is 0 Å². The van der Waals surface area contributed by atoms with Crippen molar-refractivity contribution in [2.75, 3.05) is 0 Å². The first-order valence-corrected chi connectivity index (χ1v) is 7.56. The van der Waals surface area contributed by atoms with Crippen molar-refractivity contribution in [1.82, 2.24) is 15.0 Å². The number of fused-ring (bicyclic) bond motifs is 2. The zero-order chi connectivity index (χ0) is 15.9. The van der Waals surface area contributed by atoms with Crippen LogP contribution in [0.5, 0.6) is 0 Å². The summed E-state index contributed by atoms with van der Waals surface area (Å²) in [6.07, 6.45) is 0. The van der Waals surface area contributed by atoms with Gasteiger partial charge >= 0.3 is 39.6 Å². The maximum absolute atomic E-state index is 5.78. The summed E-state index contributed by atoms with van der Waals surface area (Å²) >= 11 is 0. The quantitative estimate of drug-likeness (QED) is 0.176. The Morgan fingerprint density at radius 2 is 0.812 bits per heavy atom. The van der Waals surface area contributed by atoms with Crippen molar-refractivity contribution in [1.29, 1.82) is 0 Å². The number of nitrogens with zero attached hydrogens (tertiary/aromatic N) is 3. The summed E-state index contributed by atoms with van der Waals surface area (Å²) in [7, 11) is 0. The summed E-state index contributed by atoms with van der Waals surface area (Å²) in [5.41, 5.74) is 4.38. The molecule has 13 heteroatoms. The van der Waals surface area contributed by atoms with Crippen LogP contribution in [-0.2, 0) is 0 Å². The fraction of sp³-hybridized carbons (Fsp3) is 0. The van der Waals surface area contributed by atoms with E-state index in [-0.39, 0.29) is 114 Å². The minimum Gasteiger partial charge on any atom is -1.00 e. The minimum absolute atomic E-state index is 0.